The van der Waals surface area contributed by atoms with E-state index in [2.05, 4.69) is 4.99 Å². The highest BCUT2D eigenvalue weighted by Crippen LogP contribution is 2.09. The van der Waals surface area contributed by atoms with Crippen molar-refractivity contribution >= 4 is 6.34 Å². The standard InChI is InChI=1S/C5H5N3O/c1-2-7-3-4-9-8(7)5-6-1/h1-5H. The minimum atomic E-state index is 1.51. The molecule has 2 heterocycles. The lowest BCUT2D eigenvalue weighted by molar-refractivity contribution is -0.111. The SMILES string of the molecule is C1=CN2C=CON2C=N1. The molecule has 2 rings (SSSR count). The van der Waals surface area contributed by atoms with Crippen LogP contribution in [-0.4, -0.2) is 16.5 Å². The molecule has 0 radical (unpaired) electrons. The van der Waals surface area contributed by atoms with Crippen LogP contribution in [0.4, 0.5) is 0 Å². The molecule has 0 spiro atoms. The van der Waals surface area contributed by atoms with Gasteiger partial charge in [-0.1, -0.05) is 5.17 Å². The van der Waals surface area contributed by atoms with Gasteiger partial charge in [0.1, 0.15) is 6.26 Å². The molecule has 0 amide bonds. The molecule has 0 fully saturated rings. The monoisotopic (exact) mass is 123 g/mol. The molecular formula is C5H5N3O. The second kappa shape index (κ2) is 1.51. The molecule has 0 unspecified atom stereocenters. The van der Waals surface area contributed by atoms with Crippen LogP contribution < -0.4 is 0 Å². The number of hydrogen-bond donors (Lipinski definition) is 0. The summed E-state index contributed by atoms with van der Waals surface area (Å²) in [5, 5.41) is 3.28. The van der Waals surface area contributed by atoms with Gasteiger partial charge in [0.05, 0.1) is 6.20 Å². The Morgan fingerprint density at radius 1 is 1.33 bits per heavy atom. The van der Waals surface area contributed by atoms with Crippen molar-refractivity contribution < 1.29 is 4.84 Å². The highest BCUT2D eigenvalue weighted by Gasteiger charge is 2.12. The minimum Gasteiger partial charge on any atom is -0.364 e. The van der Waals surface area contributed by atoms with Crippen molar-refractivity contribution in [1.29, 1.82) is 0 Å². The van der Waals surface area contributed by atoms with Gasteiger partial charge in [0.25, 0.3) is 0 Å². The summed E-state index contributed by atoms with van der Waals surface area (Å²) in [7, 11) is 0. The molecule has 0 bridgehead atoms. The van der Waals surface area contributed by atoms with Gasteiger partial charge < -0.3 is 4.84 Å². The molecule has 0 saturated carbocycles. The maximum Gasteiger partial charge on any atom is 0.152 e. The molecule has 0 aromatic rings. The van der Waals surface area contributed by atoms with Gasteiger partial charge in [-0.05, 0) is 0 Å². The number of hydrogen-bond acceptors (Lipinski definition) is 4. The lowest BCUT2D eigenvalue weighted by atomic mass is 10.8. The van der Waals surface area contributed by atoms with Crippen LogP contribution in [0.15, 0.2) is 29.9 Å². The van der Waals surface area contributed by atoms with Gasteiger partial charge in [-0.25, -0.2) is 10.0 Å². The van der Waals surface area contributed by atoms with Crippen LogP contribution in [-0.2, 0) is 4.84 Å². The molecule has 0 aliphatic carbocycles. The maximum atomic E-state index is 4.94. The van der Waals surface area contributed by atoms with Crippen LogP contribution in [0.2, 0.25) is 0 Å². The fourth-order valence-corrected chi connectivity index (χ4v) is 0.677. The second-order valence-electron chi connectivity index (χ2n) is 1.64. The summed E-state index contributed by atoms with van der Waals surface area (Å²) in [6.45, 7) is 0. The van der Waals surface area contributed by atoms with E-state index < -0.39 is 0 Å². The summed E-state index contributed by atoms with van der Waals surface area (Å²) < 4.78 is 0. The van der Waals surface area contributed by atoms with E-state index in [4.69, 9.17) is 4.84 Å². The van der Waals surface area contributed by atoms with Crippen molar-refractivity contribution in [3.63, 3.8) is 0 Å². The topological polar surface area (TPSA) is 28.1 Å². The summed E-state index contributed by atoms with van der Waals surface area (Å²) in [5.41, 5.74) is 0. The Morgan fingerprint density at radius 3 is 3.22 bits per heavy atom. The first-order chi connectivity index (χ1) is 4.47. The first-order valence-corrected chi connectivity index (χ1v) is 2.58. The molecular weight excluding hydrogens is 118 g/mol. The van der Waals surface area contributed by atoms with Crippen molar-refractivity contribution in [2.75, 3.05) is 0 Å². The molecule has 4 heteroatoms. The Kier molecular flexibility index (Phi) is 0.745. The zero-order valence-electron chi connectivity index (χ0n) is 4.64. The molecule has 2 aliphatic heterocycles. The molecule has 46 valence electrons. The van der Waals surface area contributed by atoms with E-state index in [1.54, 1.807) is 36.2 Å². The summed E-state index contributed by atoms with van der Waals surface area (Å²) in [5.74, 6) is 0. The smallest absolute Gasteiger partial charge is 0.152 e. The third-order valence-electron chi connectivity index (χ3n) is 1.08. The maximum absolute atomic E-state index is 4.94. The van der Waals surface area contributed by atoms with Crippen LogP contribution in [0.5, 0.6) is 0 Å². The van der Waals surface area contributed by atoms with Crippen LogP contribution >= 0.6 is 0 Å². The van der Waals surface area contributed by atoms with Crippen LogP contribution in [0, 0.1) is 0 Å². The third-order valence-corrected chi connectivity index (χ3v) is 1.08. The zero-order valence-corrected chi connectivity index (χ0v) is 4.64. The van der Waals surface area contributed by atoms with Gasteiger partial charge in [-0.3, -0.25) is 0 Å². The number of rotatable bonds is 0. The van der Waals surface area contributed by atoms with Crippen molar-refractivity contribution in [1.82, 2.24) is 10.2 Å². The van der Waals surface area contributed by atoms with E-state index in [1.165, 1.54) is 5.17 Å². The lowest BCUT2D eigenvalue weighted by Gasteiger charge is -2.21. The summed E-state index contributed by atoms with van der Waals surface area (Å²) in [6.07, 6.45) is 8.45. The Morgan fingerprint density at radius 2 is 2.33 bits per heavy atom. The number of hydroxylamine groups is 1. The summed E-state index contributed by atoms with van der Waals surface area (Å²) in [6, 6.07) is 0. The molecule has 9 heavy (non-hydrogen) atoms. The summed E-state index contributed by atoms with van der Waals surface area (Å²) in [4.78, 5) is 8.77. The van der Waals surface area contributed by atoms with Crippen molar-refractivity contribution in [2.24, 2.45) is 4.99 Å². The van der Waals surface area contributed by atoms with Gasteiger partial charge in [0.2, 0.25) is 0 Å². The minimum absolute atomic E-state index is 1.51. The number of nitrogens with zero attached hydrogens (tertiary/aromatic N) is 3. The molecule has 0 saturated heterocycles. The molecule has 0 aromatic carbocycles. The third kappa shape index (κ3) is 0.561. The van der Waals surface area contributed by atoms with Gasteiger partial charge in [0.15, 0.2) is 6.34 Å². The predicted octanol–water partition coefficient (Wildman–Crippen LogP) is 0.435. The van der Waals surface area contributed by atoms with Crippen molar-refractivity contribution in [3.8, 4) is 0 Å². The Bertz CT molecular complexity index is 196. The lowest BCUT2D eigenvalue weighted by Crippen LogP contribution is -2.29. The first kappa shape index (κ1) is 4.43. The van der Waals surface area contributed by atoms with Gasteiger partial charge >= 0.3 is 0 Å². The van der Waals surface area contributed by atoms with Gasteiger partial charge in [-0.2, -0.15) is 0 Å². The molecule has 4 nitrogen and oxygen atoms in total. The fraction of sp³-hybridized carbons (Fsp3) is 0. The largest absolute Gasteiger partial charge is 0.364 e. The van der Waals surface area contributed by atoms with Crippen LogP contribution in [0.25, 0.3) is 0 Å². The van der Waals surface area contributed by atoms with Crippen molar-refractivity contribution in [3.05, 3.63) is 24.9 Å². The van der Waals surface area contributed by atoms with E-state index in [0.717, 1.165) is 0 Å². The predicted molar refractivity (Wildman–Crippen MR) is 31.5 cm³/mol. The van der Waals surface area contributed by atoms with Crippen molar-refractivity contribution in [2.45, 2.75) is 0 Å². The fourth-order valence-electron chi connectivity index (χ4n) is 0.677. The molecule has 2 aliphatic rings. The molecule has 0 atom stereocenters. The highest BCUT2D eigenvalue weighted by atomic mass is 16.7. The Labute approximate surface area is 52.3 Å². The summed E-state index contributed by atoms with van der Waals surface area (Å²) >= 11 is 0. The van der Waals surface area contributed by atoms with Crippen LogP contribution in [0.1, 0.15) is 0 Å². The van der Waals surface area contributed by atoms with Crippen LogP contribution in [0.3, 0.4) is 0 Å². The quantitative estimate of drug-likeness (QED) is 0.467. The molecule has 0 aromatic heterocycles. The normalized spacial score (nSPS) is 20.4. The van der Waals surface area contributed by atoms with E-state index in [1.807, 2.05) is 0 Å². The van der Waals surface area contributed by atoms with Gasteiger partial charge in [-0.15, -0.1) is 0 Å². The average molecular weight is 123 g/mol. The Hall–Kier alpha value is -1.45. The number of aliphatic imine (C=N–C) groups is 1. The van der Waals surface area contributed by atoms with E-state index in [-0.39, 0.29) is 0 Å². The van der Waals surface area contributed by atoms with E-state index in [9.17, 15) is 0 Å². The average Bonchev–Trinajstić information content (AvgIpc) is 2.33. The second-order valence-corrected chi connectivity index (χ2v) is 1.64. The first-order valence-electron chi connectivity index (χ1n) is 2.58. The van der Waals surface area contributed by atoms with E-state index >= 15 is 0 Å². The number of fused-ring (bicyclic) bond motifs is 1. The zero-order chi connectivity index (χ0) is 6.10. The highest BCUT2D eigenvalue weighted by molar-refractivity contribution is 5.55. The number of hydrazine groups is 1. The van der Waals surface area contributed by atoms with Gasteiger partial charge in [0, 0.05) is 12.4 Å². The van der Waals surface area contributed by atoms with E-state index in [0.29, 0.717) is 0 Å². The Balaban J connectivity index is 2.25. The molecule has 0 N–H and O–H groups in total.